The number of aliphatic imine (C=N–C) groups is 1. The Balaban J connectivity index is 3.21. The minimum absolute atomic E-state index is 0.118. The van der Waals surface area contributed by atoms with Gasteiger partial charge in [-0.05, 0) is 50.1 Å². The molecule has 0 aromatic heterocycles. The second-order valence-electron chi connectivity index (χ2n) is 8.11. The smallest absolute Gasteiger partial charge is 0.351 e. The molecule has 0 fully saturated rings. The number of hydrogen-bond acceptors (Lipinski definition) is 3. The molecule has 0 radical (unpaired) electrons. The molecule has 0 bridgehead atoms. The van der Waals surface area contributed by atoms with Crippen LogP contribution in [0.1, 0.15) is 57.2 Å². The minimum Gasteiger partial charge on any atom is -0.351 e. The Morgan fingerprint density at radius 3 is 2.21 bits per heavy atom. The van der Waals surface area contributed by atoms with Crippen molar-refractivity contribution in [3.63, 3.8) is 0 Å². The fourth-order valence-corrected chi connectivity index (χ4v) is 3.20. The van der Waals surface area contributed by atoms with Gasteiger partial charge in [0.15, 0.2) is 0 Å². The van der Waals surface area contributed by atoms with Crippen LogP contribution in [0.3, 0.4) is 0 Å². The predicted molar refractivity (Wildman–Crippen MR) is 122 cm³/mol. The lowest BCUT2D eigenvalue weighted by molar-refractivity contribution is -0.138. The summed E-state index contributed by atoms with van der Waals surface area (Å²) in [7, 11) is 1.46. The minimum atomic E-state index is -4.82. The van der Waals surface area contributed by atoms with Gasteiger partial charge in [-0.25, -0.2) is 8.78 Å². The number of amides is 2. The van der Waals surface area contributed by atoms with Gasteiger partial charge in [-0.1, -0.05) is 18.9 Å². The molecule has 1 rings (SSSR count). The molecule has 0 saturated heterocycles. The SMILES string of the molecule is CCCCN(C/C(C)=C/C(=NC)C(=O)NCC)C(=O)Cc1cc(C(C)(F)F)cc(C(F)(F)F)c1. The normalized spacial score (nSPS) is 13.1. The molecular weight excluding hydrogens is 457 g/mol. The maximum atomic E-state index is 13.8. The average molecular weight is 490 g/mol. The van der Waals surface area contributed by atoms with Crippen LogP contribution in [0.4, 0.5) is 22.0 Å². The quantitative estimate of drug-likeness (QED) is 0.346. The number of hydrogen-bond donors (Lipinski definition) is 1. The number of halogens is 5. The van der Waals surface area contributed by atoms with Crippen LogP contribution in [0.5, 0.6) is 0 Å². The van der Waals surface area contributed by atoms with Gasteiger partial charge in [0, 0.05) is 39.2 Å². The van der Waals surface area contributed by atoms with Crippen LogP contribution >= 0.6 is 0 Å². The molecule has 1 N–H and O–H groups in total. The van der Waals surface area contributed by atoms with Crippen LogP contribution in [-0.4, -0.2) is 49.1 Å². The summed E-state index contributed by atoms with van der Waals surface area (Å²) in [6, 6.07) is 2.07. The third kappa shape index (κ3) is 9.23. The van der Waals surface area contributed by atoms with Crippen molar-refractivity contribution in [2.75, 3.05) is 26.7 Å². The third-order valence-corrected chi connectivity index (χ3v) is 4.95. The van der Waals surface area contributed by atoms with E-state index in [1.807, 2.05) is 6.92 Å². The number of rotatable bonds is 11. The van der Waals surface area contributed by atoms with Crippen LogP contribution in [0.25, 0.3) is 0 Å². The van der Waals surface area contributed by atoms with Gasteiger partial charge in [-0.15, -0.1) is 0 Å². The van der Waals surface area contributed by atoms with E-state index in [4.69, 9.17) is 0 Å². The molecule has 5 nitrogen and oxygen atoms in total. The highest BCUT2D eigenvalue weighted by Gasteiger charge is 2.34. The number of carbonyl (C=O) groups is 2. The van der Waals surface area contributed by atoms with E-state index in [1.165, 1.54) is 18.0 Å². The third-order valence-electron chi connectivity index (χ3n) is 4.95. The van der Waals surface area contributed by atoms with E-state index in [1.54, 1.807) is 13.8 Å². The summed E-state index contributed by atoms with van der Waals surface area (Å²) in [5.41, 5.74) is -1.35. The Labute approximate surface area is 197 Å². The molecule has 1 aromatic carbocycles. The van der Waals surface area contributed by atoms with Crippen LogP contribution < -0.4 is 5.32 Å². The number of nitrogens with one attached hydrogen (secondary N) is 1. The van der Waals surface area contributed by atoms with Crippen LogP contribution in [0.15, 0.2) is 34.8 Å². The highest BCUT2D eigenvalue weighted by molar-refractivity contribution is 6.43. The second kappa shape index (κ2) is 12.6. The summed E-state index contributed by atoms with van der Waals surface area (Å²) in [5.74, 6) is -4.36. The van der Waals surface area contributed by atoms with Gasteiger partial charge < -0.3 is 10.2 Å². The van der Waals surface area contributed by atoms with Gasteiger partial charge in [-0.2, -0.15) is 13.2 Å². The zero-order chi connectivity index (χ0) is 26.1. The molecule has 1 aromatic rings. The highest BCUT2D eigenvalue weighted by Crippen LogP contribution is 2.35. The van der Waals surface area contributed by atoms with E-state index >= 15 is 0 Å². The van der Waals surface area contributed by atoms with E-state index in [-0.39, 0.29) is 23.7 Å². The van der Waals surface area contributed by atoms with E-state index in [9.17, 15) is 31.5 Å². The Kier molecular flexibility index (Phi) is 10.9. The Hall–Kier alpha value is -2.78. The summed E-state index contributed by atoms with van der Waals surface area (Å²) < 4.78 is 67.4. The number of carbonyl (C=O) groups excluding carboxylic acids is 2. The monoisotopic (exact) mass is 489 g/mol. The van der Waals surface area contributed by atoms with Crippen LogP contribution in [-0.2, 0) is 28.1 Å². The predicted octanol–water partition coefficient (Wildman–Crippen LogP) is 5.14. The molecule has 0 atom stereocenters. The van der Waals surface area contributed by atoms with Crippen molar-refractivity contribution in [1.82, 2.24) is 10.2 Å². The molecule has 0 aliphatic rings. The summed E-state index contributed by atoms with van der Waals surface area (Å²) >= 11 is 0. The first-order chi connectivity index (χ1) is 15.7. The Bertz CT molecular complexity index is 886. The van der Waals surface area contributed by atoms with Crippen molar-refractivity contribution >= 4 is 17.5 Å². The highest BCUT2D eigenvalue weighted by atomic mass is 19.4. The van der Waals surface area contributed by atoms with E-state index in [2.05, 4.69) is 10.3 Å². The van der Waals surface area contributed by atoms with Crippen molar-refractivity contribution < 1.29 is 31.5 Å². The summed E-state index contributed by atoms with van der Waals surface area (Å²) in [6.45, 7) is 6.77. The zero-order valence-corrected chi connectivity index (χ0v) is 20.2. The van der Waals surface area contributed by atoms with E-state index in [0.717, 1.165) is 18.6 Å². The van der Waals surface area contributed by atoms with E-state index in [0.29, 0.717) is 38.1 Å². The first-order valence-electron chi connectivity index (χ1n) is 11.0. The van der Waals surface area contributed by atoms with Crippen molar-refractivity contribution in [3.05, 3.63) is 46.5 Å². The lowest BCUT2D eigenvalue weighted by Gasteiger charge is -2.24. The average Bonchev–Trinajstić information content (AvgIpc) is 2.73. The largest absolute Gasteiger partial charge is 0.416 e. The fourth-order valence-electron chi connectivity index (χ4n) is 3.20. The number of benzene rings is 1. The maximum absolute atomic E-state index is 13.8. The molecular formula is C24H32F5N3O2. The van der Waals surface area contributed by atoms with Crippen molar-refractivity contribution in [1.29, 1.82) is 0 Å². The fraction of sp³-hybridized carbons (Fsp3) is 0.542. The maximum Gasteiger partial charge on any atom is 0.416 e. The molecule has 0 spiro atoms. The molecule has 0 saturated carbocycles. The topological polar surface area (TPSA) is 61.8 Å². The zero-order valence-electron chi connectivity index (χ0n) is 20.2. The molecule has 34 heavy (non-hydrogen) atoms. The molecule has 0 aliphatic heterocycles. The number of alkyl halides is 5. The summed E-state index contributed by atoms with van der Waals surface area (Å²) in [5, 5.41) is 2.63. The van der Waals surface area contributed by atoms with Crippen LogP contribution in [0, 0.1) is 0 Å². The molecule has 0 heterocycles. The summed E-state index contributed by atoms with van der Waals surface area (Å²) in [6.07, 6.45) is -2.34. The van der Waals surface area contributed by atoms with Crippen molar-refractivity contribution in [3.8, 4) is 0 Å². The number of unbranched alkanes of at least 4 members (excludes halogenated alkanes) is 1. The van der Waals surface area contributed by atoms with Gasteiger partial charge in [-0.3, -0.25) is 14.6 Å². The van der Waals surface area contributed by atoms with Crippen molar-refractivity contribution in [2.24, 2.45) is 4.99 Å². The van der Waals surface area contributed by atoms with Gasteiger partial charge in [0.1, 0.15) is 5.71 Å². The van der Waals surface area contributed by atoms with Crippen LogP contribution in [0.2, 0.25) is 0 Å². The molecule has 2 amide bonds. The molecule has 0 aliphatic carbocycles. The molecule has 190 valence electrons. The lowest BCUT2D eigenvalue weighted by Crippen LogP contribution is -2.35. The van der Waals surface area contributed by atoms with Gasteiger partial charge in [0.2, 0.25) is 5.91 Å². The molecule has 0 unspecified atom stereocenters. The van der Waals surface area contributed by atoms with Gasteiger partial charge in [0.05, 0.1) is 12.0 Å². The Morgan fingerprint density at radius 2 is 1.71 bits per heavy atom. The summed E-state index contributed by atoms with van der Waals surface area (Å²) in [4.78, 5) is 30.4. The van der Waals surface area contributed by atoms with Gasteiger partial charge >= 0.3 is 6.18 Å². The Morgan fingerprint density at radius 1 is 1.09 bits per heavy atom. The van der Waals surface area contributed by atoms with Crippen molar-refractivity contribution in [2.45, 2.75) is 59.1 Å². The first-order valence-corrected chi connectivity index (χ1v) is 11.0. The first kappa shape index (κ1) is 29.3. The standard InChI is InChI=1S/C24H32F5N3O2/c1-6-8-9-32(15-16(3)10-20(30-5)22(34)31-7-2)21(33)13-17-11-18(23(4,25)26)14-19(12-17)24(27,28)29/h10-12,14H,6-9,13,15H2,1-5H3,(H,31,34)/b16-10+,30-20?. The van der Waals surface area contributed by atoms with Gasteiger partial charge in [0.25, 0.3) is 11.8 Å². The lowest BCUT2D eigenvalue weighted by atomic mass is 9.99. The van der Waals surface area contributed by atoms with E-state index < -0.39 is 35.6 Å². The number of nitrogens with zero attached hydrogens (tertiary/aromatic N) is 2. The second-order valence-corrected chi connectivity index (χ2v) is 8.11. The molecule has 10 heteroatoms.